The van der Waals surface area contributed by atoms with Crippen molar-refractivity contribution in [3.63, 3.8) is 0 Å². The molecule has 1 unspecified atom stereocenters. The SMILES string of the molecule is C=C(C)C(=O)OCCn1c(-c2ccccc2)c(C(c2ccc(N(CC)c3c(C)cccc3C)cc2)c2ccc(N(CC)c3c(C)cccc3C)cc2C)c2ccccc21. The summed E-state index contributed by atoms with van der Waals surface area (Å²) in [7, 11) is 0. The normalized spacial score (nSPS) is 11.7. The maximum absolute atomic E-state index is 12.6. The lowest BCUT2D eigenvalue weighted by atomic mass is 9.80. The minimum Gasteiger partial charge on any atom is -0.460 e. The van der Waals surface area contributed by atoms with Crippen molar-refractivity contribution in [3.05, 3.63) is 190 Å². The number of carbonyl (C=O) groups excluding carboxylic acids is 1. The van der Waals surface area contributed by atoms with Crippen LogP contribution in [0.3, 0.4) is 0 Å². The third-order valence-electron chi connectivity index (χ3n) is 11.7. The van der Waals surface area contributed by atoms with Crippen LogP contribution in [0, 0.1) is 34.6 Å². The van der Waals surface area contributed by atoms with Gasteiger partial charge in [-0.1, -0.05) is 110 Å². The van der Waals surface area contributed by atoms with Gasteiger partial charge in [0.15, 0.2) is 0 Å². The highest BCUT2D eigenvalue weighted by atomic mass is 16.5. The summed E-state index contributed by atoms with van der Waals surface area (Å²) in [6.07, 6.45) is 0. The number of para-hydroxylation sites is 3. The van der Waals surface area contributed by atoms with Gasteiger partial charge in [0.1, 0.15) is 6.61 Å². The number of ether oxygens (including phenoxy) is 1. The number of carbonyl (C=O) groups is 1. The predicted molar refractivity (Wildman–Crippen MR) is 249 cm³/mol. The first-order chi connectivity index (χ1) is 28.5. The van der Waals surface area contributed by atoms with E-state index in [1.165, 1.54) is 67.0 Å². The number of esters is 1. The molecule has 5 heteroatoms. The third-order valence-corrected chi connectivity index (χ3v) is 11.7. The van der Waals surface area contributed by atoms with E-state index in [0.29, 0.717) is 12.1 Å². The standard InChI is InChI=1S/C54H57N3O2/c1-10-55(51-37(5)19-17-20-38(51)6)44-29-27-42(28-30-44)49(46-32-31-45(35-41(46)9)56(11-2)52-39(7)21-18-22-40(52)8)50-47-25-15-16-26-48(47)57(33-34-59-54(58)36(3)4)53(50)43-23-13-12-14-24-43/h12-32,35,49H,3,10-11,33-34H2,1-2,4-9H3. The maximum Gasteiger partial charge on any atom is 0.333 e. The van der Waals surface area contributed by atoms with Gasteiger partial charge in [-0.2, -0.15) is 0 Å². The Kier molecular flexibility index (Phi) is 12.2. The van der Waals surface area contributed by atoms with Crippen molar-refractivity contribution >= 4 is 39.6 Å². The average Bonchev–Trinajstić information content (AvgIpc) is 3.55. The zero-order valence-electron chi connectivity index (χ0n) is 36.0. The van der Waals surface area contributed by atoms with Gasteiger partial charge in [0.05, 0.1) is 12.2 Å². The highest BCUT2D eigenvalue weighted by molar-refractivity contribution is 5.94. The second-order valence-corrected chi connectivity index (χ2v) is 15.7. The molecule has 0 saturated heterocycles. The lowest BCUT2D eigenvalue weighted by molar-refractivity contribution is -0.139. The first-order valence-electron chi connectivity index (χ1n) is 20.9. The molecule has 7 aromatic rings. The number of aryl methyl sites for hydroxylation is 5. The van der Waals surface area contributed by atoms with Crippen LogP contribution in [0.4, 0.5) is 22.7 Å². The van der Waals surface area contributed by atoms with E-state index in [0.717, 1.165) is 35.6 Å². The largest absolute Gasteiger partial charge is 0.460 e. The predicted octanol–water partition coefficient (Wildman–Crippen LogP) is 13.5. The molecule has 300 valence electrons. The lowest BCUT2D eigenvalue weighted by Gasteiger charge is -2.30. The molecule has 59 heavy (non-hydrogen) atoms. The lowest BCUT2D eigenvalue weighted by Crippen LogP contribution is -2.19. The zero-order chi connectivity index (χ0) is 41.8. The molecule has 0 aliphatic carbocycles. The van der Waals surface area contributed by atoms with Crippen molar-refractivity contribution in [2.45, 2.75) is 67.9 Å². The molecule has 0 bridgehead atoms. The molecule has 1 atom stereocenters. The Morgan fingerprint density at radius 3 is 1.75 bits per heavy atom. The van der Waals surface area contributed by atoms with E-state index in [4.69, 9.17) is 4.74 Å². The van der Waals surface area contributed by atoms with Crippen LogP contribution in [-0.2, 0) is 16.1 Å². The first-order valence-corrected chi connectivity index (χ1v) is 20.9. The van der Waals surface area contributed by atoms with E-state index in [9.17, 15) is 4.79 Å². The van der Waals surface area contributed by atoms with Crippen molar-refractivity contribution in [1.29, 1.82) is 0 Å². The molecule has 0 aliphatic heterocycles. The third kappa shape index (κ3) is 8.07. The van der Waals surface area contributed by atoms with Gasteiger partial charge in [-0.25, -0.2) is 4.79 Å². The number of rotatable bonds is 14. The van der Waals surface area contributed by atoms with E-state index in [2.05, 4.69) is 203 Å². The van der Waals surface area contributed by atoms with Gasteiger partial charge in [-0.3, -0.25) is 0 Å². The molecule has 0 saturated carbocycles. The molecule has 0 amide bonds. The molecule has 0 spiro atoms. The van der Waals surface area contributed by atoms with Crippen LogP contribution in [-0.4, -0.2) is 30.2 Å². The summed E-state index contributed by atoms with van der Waals surface area (Å²) in [4.78, 5) is 17.4. The summed E-state index contributed by atoms with van der Waals surface area (Å²) in [5.41, 5.74) is 18.6. The Labute approximate surface area is 351 Å². The van der Waals surface area contributed by atoms with Gasteiger partial charge in [-0.05, 0) is 136 Å². The molecule has 7 rings (SSSR count). The highest BCUT2D eigenvalue weighted by Crippen LogP contribution is 2.46. The monoisotopic (exact) mass is 779 g/mol. The van der Waals surface area contributed by atoms with Gasteiger partial charge in [-0.15, -0.1) is 0 Å². The van der Waals surface area contributed by atoms with E-state index < -0.39 is 0 Å². The van der Waals surface area contributed by atoms with Gasteiger partial charge < -0.3 is 19.1 Å². The van der Waals surface area contributed by atoms with E-state index in [1.54, 1.807) is 6.92 Å². The number of anilines is 4. The summed E-state index contributed by atoms with van der Waals surface area (Å²) in [5.74, 6) is -0.497. The minimum absolute atomic E-state index is 0.122. The topological polar surface area (TPSA) is 37.7 Å². The van der Waals surface area contributed by atoms with Crippen LogP contribution in [0.2, 0.25) is 0 Å². The number of fused-ring (bicyclic) bond motifs is 1. The summed E-state index contributed by atoms with van der Waals surface area (Å²) in [6.45, 7) is 23.4. The zero-order valence-corrected chi connectivity index (χ0v) is 36.0. The van der Waals surface area contributed by atoms with Crippen molar-refractivity contribution in [2.24, 2.45) is 0 Å². The van der Waals surface area contributed by atoms with Crippen molar-refractivity contribution < 1.29 is 9.53 Å². The van der Waals surface area contributed by atoms with Crippen LogP contribution in [0.1, 0.15) is 71.2 Å². The average molecular weight is 780 g/mol. The highest BCUT2D eigenvalue weighted by Gasteiger charge is 2.29. The smallest absolute Gasteiger partial charge is 0.333 e. The van der Waals surface area contributed by atoms with Crippen LogP contribution in [0.5, 0.6) is 0 Å². The van der Waals surface area contributed by atoms with Gasteiger partial charge >= 0.3 is 5.97 Å². The Morgan fingerprint density at radius 2 is 1.19 bits per heavy atom. The number of aromatic nitrogens is 1. The second kappa shape index (κ2) is 17.7. The summed E-state index contributed by atoms with van der Waals surface area (Å²) in [5, 5.41) is 1.17. The Bertz CT molecular complexity index is 2580. The molecule has 1 aromatic heterocycles. The molecule has 0 radical (unpaired) electrons. The quantitative estimate of drug-likeness (QED) is 0.0814. The Balaban J connectivity index is 1.45. The fourth-order valence-electron chi connectivity index (χ4n) is 9.02. The van der Waals surface area contributed by atoms with E-state index in [1.807, 2.05) is 0 Å². The van der Waals surface area contributed by atoms with Crippen LogP contribution >= 0.6 is 0 Å². The first kappa shape index (κ1) is 40.9. The molecule has 6 aromatic carbocycles. The van der Waals surface area contributed by atoms with Crippen molar-refractivity contribution in [2.75, 3.05) is 29.5 Å². The van der Waals surface area contributed by atoms with Crippen molar-refractivity contribution in [3.8, 4) is 11.3 Å². The minimum atomic E-state index is -0.374. The molecule has 0 aliphatic rings. The van der Waals surface area contributed by atoms with Gasteiger partial charge in [0, 0.05) is 58.2 Å². The van der Waals surface area contributed by atoms with E-state index >= 15 is 0 Å². The number of nitrogens with zero attached hydrogens (tertiary/aromatic N) is 3. The Hall–Kier alpha value is -6.33. The fourth-order valence-corrected chi connectivity index (χ4v) is 9.02. The maximum atomic E-state index is 12.6. The molecule has 1 heterocycles. The Morgan fingerprint density at radius 1 is 0.644 bits per heavy atom. The fraction of sp³-hybridized carbons (Fsp3) is 0.241. The van der Waals surface area contributed by atoms with Crippen LogP contribution in [0.15, 0.2) is 146 Å². The van der Waals surface area contributed by atoms with Gasteiger partial charge in [0.2, 0.25) is 0 Å². The summed E-state index contributed by atoms with van der Waals surface area (Å²) in [6, 6.07) is 48.7. The number of benzene rings is 6. The summed E-state index contributed by atoms with van der Waals surface area (Å²) >= 11 is 0. The van der Waals surface area contributed by atoms with Crippen molar-refractivity contribution in [1.82, 2.24) is 4.57 Å². The second-order valence-electron chi connectivity index (χ2n) is 15.7. The van der Waals surface area contributed by atoms with E-state index in [-0.39, 0.29) is 18.5 Å². The molecule has 0 fully saturated rings. The van der Waals surface area contributed by atoms with Gasteiger partial charge in [0.25, 0.3) is 0 Å². The molecular formula is C54H57N3O2. The summed E-state index contributed by atoms with van der Waals surface area (Å²) < 4.78 is 8.08. The van der Waals surface area contributed by atoms with Crippen LogP contribution < -0.4 is 9.80 Å². The number of hydrogen-bond acceptors (Lipinski definition) is 4. The number of hydrogen-bond donors (Lipinski definition) is 0. The molecule has 0 N–H and O–H groups in total. The molecule has 5 nitrogen and oxygen atoms in total. The molecular weight excluding hydrogens is 723 g/mol. The van der Waals surface area contributed by atoms with Crippen LogP contribution in [0.25, 0.3) is 22.2 Å².